The number of alkyl halides is 5. The van der Waals surface area contributed by atoms with Crippen molar-refractivity contribution >= 4 is 11.8 Å². The van der Waals surface area contributed by atoms with Gasteiger partial charge in [0.2, 0.25) is 6.43 Å². The van der Waals surface area contributed by atoms with Crippen LogP contribution in [0.4, 0.5) is 22.0 Å². The van der Waals surface area contributed by atoms with Crippen molar-refractivity contribution in [3.05, 3.63) is 65.2 Å². The van der Waals surface area contributed by atoms with Crippen LogP contribution < -0.4 is 0 Å². The maximum absolute atomic E-state index is 12.9. The first-order chi connectivity index (χ1) is 12.6. The molecule has 0 spiro atoms. The molecule has 27 heavy (non-hydrogen) atoms. The molecule has 0 aromatic heterocycles. The van der Waals surface area contributed by atoms with Crippen molar-refractivity contribution in [3.8, 4) is 0 Å². The lowest BCUT2D eigenvalue weighted by Gasteiger charge is -2.14. The van der Waals surface area contributed by atoms with Crippen LogP contribution in [0.2, 0.25) is 0 Å². The van der Waals surface area contributed by atoms with E-state index in [1.54, 1.807) is 13.0 Å². The van der Waals surface area contributed by atoms with Crippen LogP contribution in [0, 0.1) is 6.92 Å². The number of halogens is 5. The standard InChI is InChI=1S/C15H13F3S.C4H10.C2H4F2/c1-11-6-5-9-13(15(16,17)18)14(11)19-10-12-7-3-2-4-8-12;1-3-4-2;1-2(3)4/h2-9H,10H2,1H3;3-4H2,1-2H3;2H,1H3. The van der Waals surface area contributed by atoms with Crippen molar-refractivity contribution in [2.75, 3.05) is 0 Å². The second kappa shape index (κ2) is 13.6. The Balaban J connectivity index is 0.000000718. The van der Waals surface area contributed by atoms with Crippen molar-refractivity contribution in [3.63, 3.8) is 0 Å². The molecule has 2 aromatic carbocycles. The van der Waals surface area contributed by atoms with Crippen LogP contribution in [0.1, 0.15) is 50.3 Å². The summed E-state index contributed by atoms with van der Waals surface area (Å²) < 4.78 is 59.5. The third kappa shape index (κ3) is 11.7. The summed E-state index contributed by atoms with van der Waals surface area (Å²) >= 11 is 1.23. The van der Waals surface area contributed by atoms with Gasteiger partial charge in [-0.15, -0.1) is 11.8 Å². The monoisotopic (exact) mass is 406 g/mol. The number of unbranched alkanes of at least 4 members (excludes halogenated alkanes) is 1. The molecule has 6 heteroatoms. The van der Waals surface area contributed by atoms with Gasteiger partial charge in [-0.25, -0.2) is 8.78 Å². The molecule has 0 amide bonds. The van der Waals surface area contributed by atoms with E-state index in [2.05, 4.69) is 13.8 Å². The van der Waals surface area contributed by atoms with Gasteiger partial charge in [0, 0.05) is 10.6 Å². The topological polar surface area (TPSA) is 0 Å². The van der Waals surface area contributed by atoms with Gasteiger partial charge in [0.25, 0.3) is 0 Å². The lowest BCUT2D eigenvalue weighted by molar-refractivity contribution is -0.139. The number of thioether (sulfide) groups is 1. The highest BCUT2D eigenvalue weighted by molar-refractivity contribution is 7.98. The maximum Gasteiger partial charge on any atom is 0.417 e. The zero-order chi connectivity index (χ0) is 20.9. The molecule has 0 saturated heterocycles. The molecule has 0 unspecified atom stereocenters. The number of hydrogen-bond donors (Lipinski definition) is 0. The van der Waals surface area contributed by atoms with Gasteiger partial charge in [0.05, 0.1) is 5.56 Å². The minimum absolute atomic E-state index is 0.318. The Kier molecular flexibility index (Phi) is 12.8. The molecule has 0 aliphatic rings. The third-order valence-electron chi connectivity index (χ3n) is 3.24. The van der Waals surface area contributed by atoms with Crippen molar-refractivity contribution in [2.45, 2.75) is 63.8 Å². The molecule has 0 radical (unpaired) electrons. The van der Waals surface area contributed by atoms with E-state index in [-0.39, 0.29) is 0 Å². The summed E-state index contributed by atoms with van der Waals surface area (Å²) in [5, 5.41) is 0. The number of aryl methyl sites for hydroxylation is 1. The molecule has 0 aliphatic carbocycles. The highest BCUT2D eigenvalue weighted by atomic mass is 32.2. The van der Waals surface area contributed by atoms with Crippen LogP contribution in [-0.4, -0.2) is 6.43 Å². The molecule has 0 aliphatic heterocycles. The fraction of sp³-hybridized carbons (Fsp3) is 0.429. The minimum Gasteiger partial charge on any atom is -0.211 e. The minimum atomic E-state index is -4.30. The molecule has 2 rings (SSSR count). The number of benzene rings is 2. The lowest BCUT2D eigenvalue weighted by Crippen LogP contribution is -2.07. The van der Waals surface area contributed by atoms with Crippen molar-refractivity contribution in [2.24, 2.45) is 0 Å². The molecule has 0 bridgehead atoms. The van der Waals surface area contributed by atoms with E-state index in [0.717, 1.165) is 18.6 Å². The molecule has 2 aromatic rings. The van der Waals surface area contributed by atoms with Gasteiger partial charge in [-0.3, -0.25) is 0 Å². The zero-order valence-electron chi connectivity index (χ0n) is 16.1. The van der Waals surface area contributed by atoms with Crippen LogP contribution in [0.3, 0.4) is 0 Å². The average molecular weight is 407 g/mol. The second-order valence-corrected chi connectivity index (χ2v) is 6.73. The predicted molar refractivity (Wildman–Crippen MR) is 104 cm³/mol. The molecule has 152 valence electrons. The van der Waals surface area contributed by atoms with Crippen LogP contribution in [0.5, 0.6) is 0 Å². The summed E-state index contributed by atoms with van der Waals surface area (Å²) in [6.07, 6.45) is -3.83. The molecule has 0 fully saturated rings. The van der Waals surface area contributed by atoms with Crippen LogP contribution >= 0.6 is 11.8 Å². The van der Waals surface area contributed by atoms with E-state index < -0.39 is 18.2 Å². The zero-order valence-corrected chi connectivity index (χ0v) is 16.9. The Morgan fingerprint density at radius 3 is 1.85 bits per heavy atom. The van der Waals surface area contributed by atoms with Crippen molar-refractivity contribution in [1.82, 2.24) is 0 Å². The summed E-state index contributed by atoms with van der Waals surface area (Å²) in [5.41, 5.74) is 1.13. The molecule has 0 N–H and O–H groups in total. The molecule has 0 saturated carbocycles. The molecule has 0 nitrogen and oxygen atoms in total. The highest BCUT2D eigenvalue weighted by Gasteiger charge is 2.33. The Morgan fingerprint density at radius 1 is 0.889 bits per heavy atom. The normalized spacial score (nSPS) is 10.6. The fourth-order valence-electron chi connectivity index (χ4n) is 1.80. The first-order valence-electron chi connectivity index (χ1n) is 8.75. The first kappa shape index (κ1) is 25.4. The summed E-state index contributed by atoms with van der Waals surface area (Å²) in [7, 11) is 0. The van der Waals surface area contributed by atoms with Crippen molar-refractivity contribution in [1.29, 1.82) is 0 Å². The maximum atomic E-state index is 12.9. The van der Waals surface area contributed by atoms with E-state index >= 15 is 0 Å². The Labute approximate surface area is 163 Å². The van der Waals surface area contributed by atoms with E-state index in [1.165, 1.54) is 30.7 Å². The predicted octanol–water partition coefficient (Wildman–Crippen LogP) is 8.38. The van der Waals surface area contributed by atoms with E-state index in [9.17, 15) is 22.0 Å². The van der Waals surface area contributed by atoms with Crippen LogP contribution in [0.25, 0.3) is 0 Å². The van der Waals surface area contributed by atoms with E-state index in [1.807, 2.05) is 30.3 Å². The van der Waals surface area contributed by atoms with Gasteiger partial charge in [-0.05, 0) is 31.0 Å². The molecular weight excluding hydrogens is 379 g/mol. The summed E-state index contributed by atoms with van der Waals surface area (Å²) in [6.45, 7) is 6.91. The van der Waals surface area contributed by atoms with Gasteiger partial charge in [-0.1, -0.05) is 69.2 Å². The summed E-state index contributed by atoms with van der Waals surface area (Å²) in [6, 6.07) is 13.8. The molecular formula is C21H27F5S. The Bertz CT molecular complexity index is 619. The number of hydrogen-bond acceptors (Lipinski definition) is 1. The van der Waals surface area contributed by atoms with Crippen molar-refractivity contribution < 1.29 is 22.0 Å². The van der Waals surface area contributed by atoms with E-state index in [0.29, 0.717) is 16.2 Å². The largest absolute Gasteiger partial charge is 0.417 e. The Hall–Kier alpha value is -1.56. The van der Waals surface area contributed by atoms with Gasteiger partial charge in [-0.2, -0.15) is 13.2 Å². The Morgan fingerprint density at radius 2 is 1.41 bits per heavy atom. The lowest BCUT2D eigenvalue weighted by atomic mass is 10.1. The summed E-state index contributed by atoms with van der Waals surface area (Å²) in [5.74, 6) is 0.536. The second-order valence-electron chi connectivity index (χ2n) is 5.74. The quantitative estimate of drug-likeness (QED) is 0.363. The van der Waals surface area contributed by atoms with Crippen LogP contribution in [0.15, 0.2) is 53.4 Å². The smallest absolute Gasteiger partial charge is 0.211 e. The average Bonchev–Trinajstić information content (AvgIpc) is 2.60. The highest BCUT2D eigenvalue weighted by Crippen LogP contribution is 2.39. The van der Waals surface area contributed by atoms with Gasteiger partial charge >= 0.3 is 6.18 Å². The van der Waals surface area contributed by atoms with Crippen LogP contribution in [-0.2, 0) is 11.9 Å². The first-order valence-corrected chi connectivity index (χ1v) is 9.73. The van der Waals surface area contributed by atoms with E-state index in [4.69, 9.17) is 0 Å². The molecule has 0 heterocycles. The SMILES string of the molecule is CC(F)F.CCCC.Cc1cccc(C(F)(F)F)c1SCc1ccccc1. The fourth-order valence-corrected chi connectivity index (χ4v) is 2.94. The van der Waals surface area contributed by atoms with Gasteiger partial charge in [0.15, 0.2) is 0 Å². The third-order valence-corrected chi connectivity index (χ3v) is 4.55. The van der Waals surface area contributed by atoms with Gasteiger partial charge in [0.1, 0.15) is 0 Å². The number of rotatable bonds is 4. The molecule has 0 atom stereocenters. The van der Waals surface area contributed by atoms with Gasteiger partial charge < -0.3 is 0 Å². The summed E-state index contributed by atoms with van der Waals surface area (Å²) in [4.78, 5) is 0.318.